The van der Waals surface area contributed by atoms with Crippen LogP contribution in [0.4, 0.5) is 5.69 Å². The van der Waals surface area contributed by atoms with E-state index in [1.807, 2.05) is 6.92 Å². The number of benzene rings is 1. The van der Waals surface area contributed by atoms with Crippen LogP contribution in [-0.4, -0.2) is 34.7 Å². The van der Waals surface area contributed by atoms with Crippen LogP contribution in [0.15, 0.2) is 18.2 Å². The highest BCUT2D eigenvalue weighted by atomic mass is 16.6. The fourth-order valence-corrected chi connectivity index (χ4v) is 3.69. The molecule has 2 atom stereocenters. The normalized spacial score (nSPS) is 24.6. The van der Waals surface area contributed by atoms with Gasteiger partial charge in [-0.2, -0.15) is 0 Å². The summed E-state index contributed by atoms with van der Waals surface area (Å²) in [4.78, 5) is 22.5. The molecule has 0 aliphatic heterocycles. The minimum atomic E-state index is -0.700. The minimum absolute atomic E-state index is 0.0362. The van der Waals surface area contributed by atoms with Crippen molar-refractivity contribution in [3.63, 3.8) is 0 Å². The Hall–Kier alpha value is -2.15. The number of carbonyl (C=O) groups excluding carboxylic acids is 1. The van der Waals surface area contributed by atoms with E-state index in [1.165, 1.54) is 12.1 Å². The van der Waals surface area contributed by atoms with Gasteiger partial charge in [0.15, 0.2) is 5.75 Å². The second kappa shape index (κ2) is 5.81. The quantitative estimate of drug-likeness (QED) is 0.640. The van der Waals surface area contributed by atoms with E-state index in [4.69, 9.17) is 4.74 Å². The molecule has 23 heavy (non-hydrogen) atoms. The number of nitro benzene ring substituents is 1. The molecule has 124 valence electrons. The first-order chi connectivity index (χ1) is 11.0. The molecular formula is C16H20N2O5. The van der Waals surface area contributed by atoms with Crippen molar-refractivity contribution in [2.75, 3.05) is 6.61 Å². The highest BCUT2D eigenvalue weighted by Gasteiger charge is 2.59. The van der Waals surface area contributed by atoms with E-state index in [0.717, 1.165) is 31.7 Å². The molecule has 1 aromatic carbocycles. The maximum Gasteiger partial charge on any atom is 0.311 e. The van der Waals surface area contributed by atoms with Gasteiger partial charge < -0.3 is 15.2 Å². The number of amides is 1. The number of rotatable bonds is 5. The van der Waals surface area contributed by atoms with Crippen molar-refractivity contribution in [2.45, 2.75) is 44.8 Å². The monoisotopic (exact) mass is 320 g/mol. The molecule has 7 heteroatoms. The van der Waals surface area contributed by atoms with Crippen molar-refractivity contribution in [3.05, 3.63) is 33.9 Å². The van der Waals surface area contributed by atoms with E-state index in [2.05, 4.69) is 5.32 Å². The molecule has 0 heterocycles. The second-order valence-corrected chi connectivity index (χ2v) is 6.25. The first kappa shape index (κ1) is 15.7. The Kier molecular flexibility index (Phi) is 3.97. The van der Waals surface area contributed by atoms with Gasteiger partial charge in [0, 0.05) is 29.7 Å². The van der Waals surface area contributed by atoms with Crippen LogP contribution in [0.25, 0.3) is 0 Å². The average Bonchev–Trinajstić information content (AvgIpc) is 2.44. The van der Waals surface area contributed by atoms with Gasteiger partial charge in [-0.1, -0.05) is 6.42 Å². The van der Waals surface area contributed by atoms with E-state index >= 15 is 0 Å². The van der Waals surface area contributed by atoms with Crippen molar-refractivity contribution < 1.29 is 19.6 Å². The number of nitrogens with one attached hydrogen (secondary N) is 1. The lowest BCUT2D eigenvalue weighted by atomic mass is 9.51. The standard InChI is InChI=1S/C16H20N2O5/c1-2-23-14-9-13(16(14)6-3-7-16)17-15(20)10-4-5-12(19)11(8-10)18(21)22/h4-5,8,13-14,19H,2-3,6-7,9H2,1H3,(H,17,20)/t13-,14+/m0/s1. The van der Waals surface area contributed by atoms with Crippen LogP contribution in [0.2, 0.25) is 0 Å². The van der Waals surface area contributed by atoms with Gasteiger partial charge in [0.1, 0.15) is 0 Å². The lowest BCUT2D eigenvalue weighted by Gasteiger charge is -2.61. The average molecular weight is 320 g/mol. The number of phenolic OH excluding ortho intramolecular Hbond substituents is 1. The van der Waals surface area contributed by atoms with Crippen molar-refractivity contribution in [1.29, 1.82) is 0 Å². The molecule has 2 saturated carbocycles. The Balaban J connectivity index is 1.71. The van der Waals surface area contributed by atoms with Gasteiger partial charge in [-0.25, -0.2) is 0 Å². The highest BCUT2D eigenvalue weighted by molar-refractivity contribution is 5.95. The summed E-state index contributed by atoms with van der Waals surface area (Å²) in [6.45, 7) is 2.63. The Labute approximate surface area is 133 Å². The van der Waals surface area contributed by atoms with Gasteiger partial charge in [-0.15, -0.1) is 0 Å². The van der Waals surface area contributed by atoms with E-state index in [-0.39, 0.29) is 29.0 Å². The third-order valence-corrected chi connectivity index (χ3v) is 5.18. The smallest absolute Gasteiger partial charge is 0.311 e. The number of phenols is 1. The number of carbonyl (C=O) groups is 1. The molecule has 2 N–H and O–H groups in total. The number of aromatic hydroxyl groups is 1. The predicted octanol–water partition coefficient (Wildman–Crippen LogP) is 2.38. The first-order valence-corrected chi connectivity index (χ1v) is 7.88. The topological polar surface area (TPSA) is 102 Å². The largest absolute Gasteiger partial charge is 0.502 e. The van der Waals surface area contributed by atoms with Crippen LogP contribution in [0.5, 0.6) is 5.75 Å². The van der Waals surface area contributed by atoms with E-state index in [9.17, 15) is 20.0 Å². The molecular weight excluding hydrogens is 300 g/mol. The van der Waals surface area contributed by atoms with Crippen molar-refractivity contribution >= 4 is 11.6 Å². The fraction of sp³-hybridized carbons (Fsp3) is 0.562. The molecule has 2 aliphatic carbocycles. The van der Waals surface area contributed by atoms with Crippen LogP contribution in [0.1, 0.15) is 43.0 Å². The zero-order valence-electron chi connectivity index (χ0n) is 12.9. The molecule has 3 rings (SSSR count). The summed E-state index contributed by atoms with van der Waals surface area (Å²) in [5.41, 5.74) is -0.241. The number of nitrogens with zero attached hydrogens (tertiary/aromatic N) is 1. The minimum Gasteiger partial charge on any atom is -0.502 e. The zero-order valence-corrected chi connectivity index (χ0v) is 12.9. The van der Waals surface area contributed by atoms with E-state index in [1.54, 1.807) is 0 Å². The van der Waals surface area contributed by atoms with Crippen LogP contribution in [0, 0.1) is 15.5 Å². The molecule has 0 unspecified atom stereocenters. The number of hydrogen-bond donors (Lipinski definition) is 2. The highest BCUT2D eigenvalue weighted by Crippen LogP contribution is 2.57. The number of ether oxygens (including phenoxy) is 1. The summed E-state index contributed by atoms with van der Waals surface area (Å²) >= 11 is 0. The third-order valence-electron chi connectivity index (χ3n) is 5.18. The Morgan fingerprint density at radius 3 is 2.83 bits per heavy atom. The van der Waals surface area contributed by atoms with Crippen molar-refractivity contribution in [1.82, 2.24) is 5.32 Å². The molecule has 0 bridgehead atoms. The van der Waals surface area contributed by atoms with Crippen molar-refractivity contribution in [2.24, 2.45) is 5.41 Å². The van der Waals surface area contributed by atoms with Crippen LogP contribution in [0.3, 0.4) is 0 Å². The lowest BCUT2D eigenvalue weighted by Crippen LogP contribution is -2.67. The van der Waals surface area contributed by atoms with Gasteiger partial charge in [0.25, 0.3) is 5.91 Å². The molecule has 1 amide bonds. The van der Waals surface area contributed by atoms with E-state index < -0.39 is 16.4 Å². The molecule has 1 aromatic rings. The molecule has 0 saturated heterocycles. The summed E-state index contributed by atoms with van der Waals surface area (Å²) < 4.78 is 5.75. The third kappa shape index (κ3) is 2.55. The zero-order chi connectivity index (χ0) is 16.6. The lowest BCUT2D eigenvalue weighted by molar-refractivity contribution is -0.385. The Morgan fingerprint density at radius 1 is 1.52 bits per heavy atom. The Bertz CT molecular complexity index is 641. The maximum absolute atomic E-state index is 12.4. The van der Waals surface area contributed by atoms with Gasteiger partial charge >= 0.3 is 5.69 Å². The van der Waals surface area contributed by atoms with Crippen LogP contribution < -0.4 is 5.32 Å². The second-order valence-electron chi connectivity index (χ2n) is 6.25. The summed E-state index contributed by atoms with van der Waals surface area (Å²) in [6.07, 6.45) is 4.19. The van der Waals surface area contributed by atoms with E-state index in [0.29, 0.717) is 6.61 Å². The fourth-order valence-electron chi connectivity index (χ4n) is 3.69. The molecule has 7 nitrogen and oxygen atoms in total. The van der Waals surface area contributed by atoms with Gasteiger partial charge in [0.05, 0.1) is 11.0 Å². The maximum atomic E-state index is 12.4. The molecule has 2 aliphatic rings. The van der Waals surface area contributed by atoms with Gasteiger partial charge in [-0.05, 0) is 38.3 Å². The van der Waals surface area contributed by atoms with Gasteiger partial charge in [0.2, 0.25) is 0 Å². The van der Waals surface area contributed by atoms with Crippen LogP contribution in [-0.2, 0) is 4.74 Å². The molecule has 0 aromatic heterocycles. The van der Waals surface area contributed by atoms with Crippen molar-refractivity contribution in [3.8, 4) is 5.75 Å². The SMILES string of the molecule is CCO[C@@H]1C[C@H](NC(=O)c2ccc(O)c([N+](=O)[O-])c2)C12CCC2. The predicted molar refractivity (Wildman–Crippen MR) is 82.3 cm³/mol. The summed E-state index contributed by atoms with van der Waals surface area (Å²) in [6, 6.07) is 3.73. The van der Waals surface area contributed by atoms with Crippen LogP contribution >= 0.6 is 0 Å². The van der Waals surface area contributed by atoms with Gasteiger partial charge in [-0.3, -0.25) is 14.9 Å². The Morgan fingerprint density at radius 2 is 2.26 bits per heavy atom. The first-order valence-electron chi connectivity index (χ1n) is 7.88. The molecule has 0 radical (unpaired) electrons. The number of nitro groups is 1. The summed E-state index contributed by atoms with van der Waals surface area (Å²) in [5, 5.41) is 23.3. The molecule has 1 spiro atoms. The number of hydrogen-bond acceptors (Lipinski definition) is 5. The summed E-state index contributed by atoms with van der Waals surface area (Å²) in [7, 11) is 0. The molecule has 2 fully saturated rings. The summed E-state index contributed by atoms with van der Waals surface area (Å²) in [5.74, 6) is -0.790.